The molecule has 0 saturated heterocycles. The van der Waals surface area contributed by atoms with Gasteiger partial charge in [0.05, 0.1) is 0 Å². The Labute approximate surface area is 95.7 Å². The molecule has 1 rings (SSSR count). The molecule has 0 radical (unpaired) electrons. The number of nitrogens with zero attached hydrogens (tertiary/aromatic N) is 3. The summed E-state index contributed by atoms with van der Waals surface area (Å²) in [5.41, 5.74) is 0. The minimum Gasteiger partial charge on any atom is -0.370 e. The van der Waals surface area contributed by atoms with Crippen LogP contribution >= 0.6 is 11.6 Å². The van der Waals surface area contributed by atoms with Gasteiger partial charge < -0.3 is 10.2 Å². The third-order valence-electron chi connectivity index (χ3n) is 1.91. The van der Waals surface area contributed by atoms with Crippen molar-refractivity contribution in [3.63, 3.8) is 0 Å². The van der Waals surface area contributed by atoms with E-state index in [1.165, 1.54) is 0 Å². The van der Waals surface area contributed by atoms with Crippen molar-refractivity contribution in [2.75, 3.05) is 36.7 Å². The molecule has 5 heteroatoms. The molecule has 1 aromatic heterocycles. The van der Waals surface area contributed by atoms with Crippen LogP contribution in [0.3, 0.4) is 0 Å². The number of anilines is 2. The number of aromatic nitrogens is 2. The van der Waals surface area contributed by atoms with Crippen molar-refractivity contribution < 1.29 is 0 Å². The van der Waals surface area contributed by atoms with Gasteiger partial charge >= 0.3 is 0 Å². The molecule has 84 valence electrons. The van der Waals surface area contributed by atoms with E-state index in [-0.39, 0.29) is 0 Å². The molecule has 0 spiro atoms. The largest absolute Gasteiger partial charge is 0.370 e. The molecule has 1 N–H and O–H groups in total. The molecule has 0 fully saturated rings. The lowest BCUT2D eigenvalue weighted by atomic mass is 10.3. The van der Waals surface area contributed by atoms with Crippen molar-refractivity contribution in [3.05, 3.63) is 12.3 Å². The predicted octanol–water partition coefficient (Wildman–Crippen LogP) is 1.97. The van der Waals surface area contributed by atoms with Gasteiger partial charge in [-0.05, 0) is 18.9 Å². The second-order valence-electron chi connectivity index (χ2n) is 3.46. The topological polar surface area (TPSA) is 41.1 Å². The smallest absolute Gasteiger partial charge is 0.226 e. The molecule has 0 unspecified atom stereocenters. The fraction of sp³-hybridized carbons (Fsp3) is 0.600. The van der Waals surface area contributed by atoms with Crippen molar-refractivity contribution in [3.8, 4) is 0 Å². The Bertz CT molecular complexity index is 291. The second kappa shape index (κ2) is 6.45. The number of alkyl halides is 1. The summed E-state index contributed by atoms with van der Waals surface area (Å²) in [5, 5.41) is 3.24. The molecule has 0 bridgehead atoms. The first-order chi connectivity index (χ1) is 7.24. The van der Waals surface area contributed by atoms with Gasteiger partial charge in [-0.3, -0.25) is 0 Å². The number of unbranched alkanes of at least 4 members (excludes halogenated alkanes) is 1. The average Bonchev–Trinajstić information content (AvgIpc) is 2.25. The van der Waals surface area contributed by atoms with E-state index in [2.05, 4.69) is 15.3 Å². The Kier molecular flexibility index (Phi) is 5.18. The molecule has 0 aliphatic rings. The molecular formula is C10H17ClN4. The summed E-state index contributed by atoms with van der Waals surface area (Å²) < 4.78 is 0. The van der Waals surface area contributed by atoms with Crippen molar-refractivity contribution in [2.45, 2.75) is 12.8 Å². The van der Waals surface area contributed by atoms with E-state index in [9.17, 15) is 0 Å². The summed E-state index contributed by atoms with van der Waals surface area (Å²) >= 11 is 5.59. The molecule has 0 saturated carbocycles. The zero-order chi connectivity index (χ0) is 11.1. The lowest BCUT2D eigenvalue weighted by Gasteiger charge is -2.11. The van der Waals surface area contributed by atoms with Crippen LogP contribution in [0.4, 0.5) is 11.8 Å². The quantitative estimate of drug-likeness (QED) is 0.597. The maximum absolute atomic E-state index is 5.59. The molecule has 0 aliphatic heterocycles. The van der Waals surface area contributed by atoms with Gasteiger partial charge in [-0.2, -0.15) is 4.98 Å². The van der Waals surface area contributed by atoms with Crippen molar-refractivity contribution >= 4 is 23.4 Å². The Morgan fingerprint density at radius 2 is 2.20 bits per heavy atom. The third kappa shape index (κ3) is 4.34. The van der Waals surface area contributed by atoms with Crippen LogP contribution in [0.1, 0.15) is 12.8 Å². The van der Waals surface area contributed by atoms with Crippen LogP contribution in [0, 0.1) is 0 Å². The van der Waals surface area contributed by atoms with Gasteiger partial charge in [0.25, 0.3) is 0 Å². The number of hydrogen-bond acceptors (Lipinski definition) is 4. The van der Waals surface area contributed by atoms with Gasteiger partial charge in [-0.15, -0.1) is 11.6 Å². The van der Waals surface area contributed by atoms with Crippen molar-refractivity contribution in [1.29, 1.82) is 0 Å². The fourth-order valence-corrected chi connectivity index (χ4v) is 1.29. The fourth-order valence-electron chi connectivity index (χ4n) is 1.10. The molecule has 1 heterocycles. The Balaban J connectivity index is 2.43. The van der Waals surface area contributed by atoms with Crippen LogP contribution in [0.15, 0.2) is 12.3 Å². The van der Waals surface area contributed by atoms with Gasteiger partial charge in [-0.1, -0.05) is 0 Å². The maximum atomic E-state index is 5.59. The Morgan fingerprint density at radius 3 is 2.87 bits per heavy atom. The summed E-state index contributed by atoms with van der Waals surface area (Å²) in [6, 6.07) is 1.87. The highest BCUT2D eigenvalue weighted by Gasteiger charge is 1.99. The van der Waals surface area contributed by atoms with Crippen LogP contribution in [-0.4, -0.2) is 36.5 Å². The number of hydrogen-bond donors (Lipinski definition) is 1. The SMILES string of the molecule is CN(C)c1nccc(NCCCCCl)n1. The summed E-state index contributed by atoms with van der Waals surface area (Å²) in [7, 11) is 3.85. The Hall–Kier alpha value is -1.03. The second-order valence-corrected chi connectivity index (χ2v) is 3.84. The highest BCUT2D eigenvalue weighted by molar-refractivity contribution is 6.17. The van der Waals surface area contributed by atoms with Gasteiger partial charge in [0.1, 0.15) is 5.82 Å². The monoisotopic (exact) mass is 228 g/mol. The molecule has 0 aliphatic carbocycles. The lowest BCUT2D eigenvalue weighted by Crippen LogP contribution is -2.14. The zero-order valence-electron chi connectivity index (χ0n) is 9.20. The average molecular weight is 229 g/mol. The molecule has 4 nitrogen and oxygen atoms in total. The van der Waals surface area contributed by atoms with Crippen LogP contribution < -0.4 is 10.2 Å². The lowest BCUT2D eigenvalue weighted by molar-refractivity contribution is 0.834. The minimum absolute atomic E-state index is 0.717. The highest BCUT2D eigenvalue weighted by Crippen LogP contribution is 2.07. The van der Waals surface area contributed by atoms with Crippen LogP contribution in [0.5, 0.6) is 0 Å². The first-order valence-corrected chi connectivity index (χ1v) is 5.57. The first kappa shape index (κ1) is 12.0. The standard InChI is InChI=1S/C10H17ClN4/c1-15(2)10-13-8-5-9(14-10)12-7-4-3-6-11/h5,8H,3-4,6-7H2,1-2H3,(H,12,13,14). The molecule has 0 amide bonds. The van der Waals surface area contributed by atoms with E-state index >= 15 is 0 Å². The van der Waals surface area contributed by atoms with Gasteiger partial charge in [-0.25, -0.2) is 4.98 Å². The zero-order valence-corrected chi connectivity index (χ0v) is 9.96. The number of rotatable bonds is 6. The number of halogens is 1. The van der Waals surface area contributed by atoms with E-state index in [0.717, 1.165) is 31.2 Å². The third-order valence-corrected chi connectivity index (χ3v) is 2.18. The molecule has 0 aromatic carbocycles. The minimum atomic E-state index is 0.717. The molecule has 1 aromatic rings. The van der Waals surface area contributed by atoms with E-state index in [0.29, 0.717) is 5.88 Å². The van der Waals surface area contributed by atoms with E-state index in [1.807, 2.05) is 25.1 Å². The maximum Gasteiger partial charge on any atom is 0.226 e. The normalized spacial score (nSPS) is 10.1. The summed E-state index contributed by atoms with van der Waals surface area (Å²) in [5.74, 6) is 2.30. The Morgan fingerprint density at radius 1 is 1.40 bits per heavy atom. The van der Waals surface area contributed by atoms with Gasteiger partial charge in [0.15, 0.2) is 0 Å². The first-order valence-electron chi connectivity index (χ1n) is 5.04. The predicted molar refractivity (Wildman–Crippen MR) is 64.8 cm³/mol. The summed E-state index contributed by atoms with van der Waals surface area (Å²) in [6.45, 7) is 0.899. The van der Waals surface area contributed by atoms with Crippen LogP contribution in [0.2, 0.25) is 0 Å². The van der Waals surface area contributed by atoms with E-state index < -0.39 is 0 Å². The van der Waals surface area contributed by atoms with Gasteiger partial charge in [0.2, 0.25) is 5.95 Å². The van der Waals surface area contributed by atoms with E-state index in [1.54, 1.807) is 6.20 Å². The van der Waals surface area contributed by atoms with Crippen molar-refractivity contribution in [2.24, 2.45) is 0 Å². The molecule has 0 atom stereocenters. The van der Waals surface area contributed by atoms with E-state index in [4.69, 9.17) is 11.6 Å². The summed E-state index contributed by atoms with van der Waals surface area (Å²) in [6.07, 6.45) is 3.84. The molecule has 15 heavy (non-hydrogen) atoms. The van der Waals surface area contributed by atoms with Crippen molar-refractivity contribution in [1.82, 2.24) is 9.97 Å². The van der Waals surface area contributed by atoms with Crippen LogP contribution in [-0.2, 0) is 0 Å². The summed E-state index contributed by atoms with van der Waals surface area (Å²) in [4.78, 5) is 10.4. The highest BCUT2D eigenvalue weighted by atomic mass is 35.5. The van der Waals surface area contributed by atoms with Gasteiger partial charge in [0, 0.05) is 32.7 Å². The molecular weight excluding hydrogens is 212 g/mol. The number of nitrogens with one attached hydrogen (secondary N) is 1. The van der Waals surface area contributed by atoms with Crippen LogP contribution in [0.25, 0.3) is 0 Å².